The van der Waals surface area contributed by atoms with Gasteiger partial charge in [-0.25, -0.2) is 4.39 Å². The van der Waals surface area contributed by atoms with E-state index >= 15 is 0 Å². The van der Waals surface area contributed by atoms with Gasteiger partial charge in [0.2, 0.25) is 0 Å². The summed E-state index contributed by atoms with van der Waals surface area (Å²) in [5.41, 5.74) is 1.35. The van der Waals surface area contributed by atoms with Crippen molar-refractivity contribution in [2.45, 2.75) is 39.3 Å². The van der Waals surface area contributed by atoms with E-state index in [1.165, 1.54) is 6.07 Å². The number of aryl methyl sites for hydroxylation is 1. The predicted octanol–water partition coefficient (Wildman–Crippen LogP) is 2.38. The first-order chi connectivity index (χ1) is 7.50. The summed E-state index contributed by atoms with van der Waals surface area (Å²) in [6, 6.07) is 5.06. The van der Waals surface area contributed by atoms with Crippen molar-refractivity contribution in [1.29, 1.82) is 0 Å². The monoisotopic (exact) mass is 225 g/mol. The lowest BCUT2D eigenvalue weighted by Gasteiger charge is -2.27. The molecule has 0 aliphatic carbocycles. The Labute approximate surface area is 96.5 Å². The molecule has 1 aromatic rings. The molecule has 0 aliphatic heterocycles. The van der Waals surface area contributed by atoms with E-state index in [9.17, 15) is 9.50 Å². The van der Waals surface area contributed by atoms with E-state index in [0.717, 1.165) is 12.0 Å². The second-order valence-corrected chi connectivity index (χ2v) is 4.52. The van der Waals surface area contributed by atoms with E-state index in [0.29, 0.717) is 12.1 Å². The van der Waals surface area contributed by atoms with Gasteiger partial charge in [-0.15, -0.1) is 0 Å². The quantitative estimate of drug-likeness (QED) is 0.806. The van der Waals surface area contributed by atoms with Crippen molar-refractivity contribution in [3.8, 4) is 0 Å². The highest BCUT2D eigenvalue weighted by atomic mass is 19.1. The molecule has 0 amide bonds. The fourth-order valence-electron chi connectivity index (χ4n) is 1.44. The first-order valence-corrected chi connectivity index (χ1v) is 5.61. The predicted molar refractivity (Wildman–Crippen MR) is 63.8 cm³/mol. The van der Waals surface area contributed by atoms with E-state index in [1.54, 1.807) is 6.07 Å². The van der Waals surface area contributed by atoms with Gasteiger partial charge in [-0.05, 0) is 26.3 Å². The third kappa shape index (κ3) is 3.29. The Bertz CT molecular complexity index is 348. The van der Waals surface area contributed by atoms with Gasteiger partial charge in [0, 0.05) is 17.6 Å². The summed E-state index contributed by atoms with van der Waals surface area (Å²) >= 11 is 0. The topological polar surface area (TPSA) is 32.3 Å². The van der Waals surface area contributed by atoms with E-state index in [2.05, 4.69) is 5.32 Å². The van der Waals surface area contributed by atoms with Crippen LogP contribution in [0.15, 0.2) is 18.2 Å². The number of benzene rings is 1. The number of nitrogens with one attached hydrogen (secondary N) is 1. The molecule has 0 aromatic heterocycles. The lowest BCUT2D eigenvalue weighted by molar-refractivity contribution is 0.168. The van der Waals surface area contributed by atoms with E-state index in [4.69, 9.17) is 0 Å². The van der Waals surface area contributed by atoms with Crippen LogP contribution in [0.5, 0.6) is 0 Å². The summed E-state index contributed by atoms with van der Waals surface area (Å²) in [5, 5.41) is 12.4. The molecule has 16 heavy (non-hydrogen) atoms. The Kier molecular flexibility index (Phi) is 4.44. The van der Waals surface area contributed by atoms with Crippen LogP contribution in [-0.2, 0) is 6.54 Å². The zero-order valence-corrected chi connectivity index (χ0v) is 10.2. The molecule has 2 nitrogen and oxygen atoms in total. The molecule has 0 saturated heterocycles. The Morgan fingerprint density at radius 1 is 1.44 bits per heavy atom. The molecule has 0 heterocycles. The molecule has 1 aromatic carbocycles. The van der Waals surface area contributed by atoms with E-state index < -0.39 is 0 Å². The minimum absolute atomic E-state index is 0.0525. The third-order valence-corrected chi connectivity index (χ3v) is 3.04. The van der Waals surface area contributed by atoms with Gasteiger partial charge in [0.15, 0.2) is 0 Å². The highest BCUT2D eigenvalue weighted by Gasteiger charge is 2.20. The molecule has 2 N–H and O–H groups in total. The van der Waals surface area contributed by atoms with Crippen LogP contribution < -0.4 is 5.32 Å². The van der Waals surface area contributed by atoms with Gasteiger partial charge >= 0.3 is 0 Å². The van der Waals surface area contributed by atoms with Gasteiger partial charge in [0.25, 0.3) is 0 Å². The van der Waals surface area contributed by atoms with Crippen molar-refractivity contribution in [1.82, 2.24) is 5.32 Å². The summed E-state index contributed by atoms with van der Waals surface area (Å²) in [7, 11) is 0. The van der Waals surface area contributed by atoms with Crippen molar-refractivity contribution in [3.05, 3.63) is 35.1 Å². The fraction of sp³-hybridized carbons (Fsp3) is 0.538. The maximum atomic E-state index is 13.5. The molecule has 1 atom stereocenters. The highest BCUT2D eigenvalue weighted by Crippen LogP contribution is 2.13. The summed E-state index contributed by atoms with van der Waals surface area (Å²) in [6.07, 6.45) is 0.803. The molecule has 1 unspecified atom stereocenters. The Hall–Kier alpha value is -0.930. The minimum Gasteiger partial charge on any atom is -0.394 e. The Morgan fingerprint density at radius 2 is 2.12 bits per heavy atom. The molecule has 0 bridgehead atoms. The van der Waals surface area contributed by atoms with Gasteiger partial charge in [-0.1, -0.05) is 24.6 Å². The van der Waals surface area contributed by atoms with Gasteiger partial charge in [-0.3, -0.25) is 0 Å². The van der Waals surface area contributed by atoms with E-state index in [-0.39, 0.29) is 18.0 Å². The Morgan fingerprint density at radius 3 is 2.69 bits per heavy atom. The largest absolute Gasteiger partial charge is 0.394 e. The molecule has 3 heteroatoms. The fourth-order valence-corrected chi connectivity index (χ4v) is 1.44. The molecule has 0 saturated carbocycles. The summed E-state index contributed by atoms with van der Waals surface area (Å²) < 4.78 is 13.5. The van der Waals surface area contributed by atoms with Crippen LogP contribution in [0.1, 0.15) is 31.4 Å². The first kappa shape index (κ1) is 13.1. The molecular formula is C13H20FNO. The van der Waals surface area contributed by atoms with Crippen molar-refractivity contribution in [3.63, 3.8) is 0 Å². The average Bonchev–Trinajstić information content (AvgIpc) is 2.30. The maximum Gasteiger partial charge on any atom is 0.127 e. The van der Waals surface area contributed by atoms with Crippen molar-refractivity contribution >= 4 is 0 Å². The van der Waals surface area contributed by atoms with Crippen LogP contribution in [0.3, 0.4) is 0 Å². The van der Waals surface area contributed by atoms with Gasteiger partial charge in [0.05, 0.1) is 6.61 Å². The zero-order valence-electron chi connectivity index (χ0n) is 10.2. The van der Waals surface area contributed by atoms with Crippen LogP contribution in [0, 0.1) is 12.7 Å². The van der Waals surface area contributed by atoms with E-state index in [1.807, 2.05) is 26.8 Å². The third-order valence-electron chi connectivity index (χ3n) is 3.04. The molecule has 0 aliphatic rings. The number of aliphatic hydroxyl groups is 1. The van der Waals surface area contributed by atoms with Crippen LogP contribution in [0.2, 0.25) is 0 Å². The van der Waals surface area contributed by atoms with Gasteiger partial charge in [-0.2, -0.15) is 0 Å². The smallest absolute Gasteiger partial charge is 0.127 e. The molecule has 90 valence electrons. The first-order valence-electron chi connectivity index (χ1n) is 5.61. The molecule has 0 fully saturated rings. The van der Waals surface area contributed by atoms with Crippen molar-refractivity contribution < 1.29 is 9.50 Å². The number of aliphatic hydroxyl groups excluding tert-OH is 1. The standard InChI is InChI=1S/C13H20FNO/c1-4-13(3,9-16)15-8-11-7-10(2)5-6-12(11)14/h5-7,15-16H,4,8-9H2,1-3H3. The Balaban J connectivity index is 2.70. The normalized spacial score (nSPS) is 14.8. The lowest BCUT2D eigenvalue weighted by atomic mass is 9.99. The highest BCUT2D eigenvalue weighted by molar-refractivity contribution is 5.24. The van der Waals surface area contributed by atoms with Crippen LogP contribution in [0.4, 0.5) is 4.39 Å². The van der Waals surface area contributed by atoms with Crippen molar-refractivity contribution in [2.75, 3.05) is 6.61 Å². The number of rotatable bonds is 5. The second-order valence-electron chi connectivity index (χ2n) is 4.52. The van der Waals surface area contributed by atoms with Gasteiger partial charge in [0.1, 0.15) is 5.82 Å². The average molecular weight is 225 g/mol. The number of halogens is 1. The molecule has 0 spiro atoms. The summed E-state index contributed by atoms with van der Waals surface area (Å²) in [6.45, 7) is 6.36. The summed E-state index contributed by atoms with van der Waals surface area (Å²) in [5.74, 6) is -0.200. The van der Waals surface area contributed by atoms with Crippen LogP contribution in [-0.4, -0.2) is 17.3 Å². The SMILES string of the molecule is CCC(C)(CO)NCc1cc(C)ccc1F. The molecular weight excluding hydrogens is 205 g/mol. The second kappa shape index (κ2) is 5.41. The minimum atomic E-state index is -0.337. The number of hydrogen-bond donors (Lipinski definition) is 2. The van der Waals surface area contributed by atoms with Crippen LogP contribution >= 0.6 is 0 Å². The molecule has 1 rings (SSSR count). The molecule has 0 radical (unpaired) electrons. The summed E-state index contributed by atoms with van der Waals surface area (Å²) in [4.78, 5) is 0. The maximum absolute atomic E-state index is 13.5. The lowest BCUT2D eigenvalue weighted by Crippen LogP contribution is -2.44. The van der Waals surface area contributed by atoms with Gasteiger partial charge < -0.3 is 10.4 Å². The van der Waals surface area contributed by atoms with Crippen LogP contribution in [0.25, 0.3) is 0 Å². The number of hydrogen-bond acceptors (Lipinski definition) is 2. The zero-order chi connectivity index (χ0) is 12.2. The van der Waals surface area contributed by atoms with Crippen molar-refractivity contribution in [2.24, 2.45) is 0 Å².